The zero-order valence-corrected chi connectivity index (χ0v) is 13.2. The lowest BCUT2D eigenvalue weighted by atomic mass is 10.2. The fraction of sp³-hybridized carbons (Fsp3) is 0.333. The van der Waals surface area contributed by atoms with E-state index >= 15 is 0 Å². The average Bonchev–Trinajstić information content (AvgIpc) is 3.22. The van der Waals surface area contributed by atoms with Crippen LogP contribution in [0, 0.1) is 5.82 Å². The van der Waals surface area contributed by atoms with Crippen molar-refractivity contribution in [2.75, 3.05) is 0 Å². The number of rotatable bonds is 4. The Balaban J connectivity index is 1.85. The maximum atomic E-state index is 13.6. The number of aryl methyl sites for hydroxylation is 1. The van der Waals surface area contributed by atoms with Crippen molar-refractivity contribution in [1.29, 1.82) is 0 Å². The average molecular weight is 352 g/mol. The molecule has 2 aromatic rings. The lowest BCUT2D eigenvalue weighted by Gasteiger charge is -2.22. The van der Waals surface area contributed by atoms with Gasteiger partial charge in [0, 0.05) is 31.0 Å². The van der Waals surface area contributed by atoms with Crippen LogP contribution in [-0.2, 0) is 13.6 Å². The number of carbonyl (C=O) groups is 1. The van der Waals surface area contributed by atoms with E-state index in [0.29, 0.717) is 16.6 Å². The number of imidazole rings is 1. The minimum Gasteiger partial charge on any atom is -0.337 e. The summed E-state index contributed by atoms with van der Waals surface area (Å²) >= 11 is 3.10. The fourth-order valence-corrected chi connectivity index (χ4v) is 2.50. The van der Waals surface area contributed by atoms with Crippen molar-refractivity contribution in [3.8, 4) is 0 Å². The molecule has 0 bridgehead atoms. The molecule has 21 heavy (non-hydrogen) atoms. The van der Waals surface area contributed by atoms with E-state index in [0.717, 1.165) is 18.7 Å². The number of carbonyl (C=O) groups excluding carboxylic acids is 1. The highest BCUT2D eigenvalue weighted by Crippen LogP contribution is 2.30. The van der Waals surface area contributed by atoms with Crippen molar-refractivity contribution in [3.05, 3.63) is 52.3 Å². The molecule has 0 unspecified atom stereocenters. The normalized spacial score (nSPS) is 14.2. The van der Waals surface area contributed by atoms with Crippen LogP contribution in [0.1, 0.15) is 29.0 Å². The molecule has 110 valence electrons. The first-order valence-electron chi connectivity index (χ1n) is 6.78. The van der Waals surface area contributed by atoms with E-state index in [2.05, 4.69) is 20.9 Å². The number of hydrogen-bond donors (Lipinski definition) is 0. The van der Waals surface area contributed by atoms with Crippen LogP contribution in [0.15, 0.2) is 35.1 Å². The van der Waals surface area contributed by atoms with Crippen LogP contribution in [0.5, 0.6) is 0 Å². The maximum absolute atomic E-state index is 13.6. The molecule has 4 nitrogen and oxygen atoms in total. The van der Waals surface area contributed by atoms with Crippen molar-refractivity contribution >= 4 is 21.8 Å². The first-order valence-corrected chi connectivity index (χ1v) is 7.58. The Morgan fingerprint density at radius 3 is 2.86 bits per heavy atom. The fourth-order valence-electron chi connectivity index (χ4n) is 2.25. The molecule has 1 aliphatic rings. The van der Waals surface area contributed by atoms with Crippen LogP contribution in [0.3, 0.4) is 0 Å². The van der Waals surface area contributed by atoms with Crippen molar-refractivity contribution < 1.29 is 9.18 Å². The van der Waals surface area contributed by atoms with Crippen LogP contribution in [0.25, 0.3) is 0 Å². The Morgan fingerprint density at radius 1 is 1.52 bits per heavy atom. The molecule has 0 saturated heterocycles. The molecule has 1 aromatic carbocycles. The summed E-state index contributed by atoms with van der Waals surface area (Å²) in [5.74, 6) is 0.258. The van der Waals surface area contributed by atoms with Crippen LogP contribution < -0.4 is 0 Å². The summed E-state index contributed by atoms with van der Waals surface area (Å²) < 4.78 is 15.9. The second kappa shape index (κ2) is 5.60. The van der Waals surface area contributed by atoms with Gasteiger partial charge in [-0.05, 0) is 47.0 Å². The minimum atomic E-state index is -0.423. The lowest BCUT2D eigenvalue weighted by molar-refractivity contribution is 0.0723. The molecule has 0 radical (unpaired) electrons. The lowest BCUT2D eigenvalue weighted by Crippen LogP contribution is -2.33. The quantitative estimate of drug-likeness (QED) is 0.848. The van der Waals surface area contributed by atoms with Gasteiger partial charge in [0.25, 0.3) is 5.91 Å². The van der Waals surface area contributed by atoms with Gasteiger partial charge in [-0.25, -0.2) is 9.37 Å². The molecule has 1 saturated carbocycles. The van der Waals surface area contributed by atoms with E-state index in [4.69, 9.17) is 0 Å². The minimum absolute atomic E-state index is 0.146. The number of amides is 1. The van der Waals surface area contributed by atoms with Gasteiger partial charge in [-0.1, -0.05) is 0 Å². The van der Waals surface area contributed by atoms with Gasteiger partial charge < -0.3 is 9.47 Å². The third-order valence-corrected chi connectivity index (χ3v) is 4.29. The molecule has 1 fully saturated rings. The highest BCUT2D eigenvalue weighted by atomic mass is 79.9. The van der Waals surface area contributed by atoms with Crippen LogP contribution >= 0.6 is 15.9 Å². The highest BCUT2D eigenvalue weighted by Gasteiger charge is 2.34. The standard InChI is InChI=1S/C15H15BrFN3O/c1-19-7-6-18-14(19)9-20(11-3-4-11)15(21)10-2-5-12(16)13(17)8-10/h2,5-8,11H,3-4,9H2,1H3. The number of nitrogens with zero attached hydrogens (tertiary/aromatic N) is 3. The van der Waals surface area contributed by atoms with Gasteiger partial charge in [0.05, 0.1) is 11.0 Å². The molecule has 1 amide bonds. The summed E-state index contributed by atoms with van der Waals surface area (Å²) in [5, 5.41) is 0. The smallest absolute Gasteiger partial charge is 0.254 e. The molecule has 3 rings (SSSR count). The summed E-state index contributed by atoms with van der Waals surface area (Å²) in [7, 11) is 1.90. The van der Waals surface area contributed by atoms with Gasteiger partial charge in [-0.15, -0.1) is 0 Å². The van der Waals surface area contributed by atoms with Gasteiger partial charge in [0.2, 0.25) is 0 Å². The molecule has 0 atom stereocenters. The summed E-state index contributed by atoms with van der Waals surface area (Å²) in [5.41, 5.74) is 0.372. The van der Waals surface area contributed by atoms with E-state index in [1.165, 1.54) is 6.07 Å². The summed E-state index contributed by atoms with van der Waals surface area (Å²) in [6, 6.07) is 4.72. The van der Waals surface area contributed by atoms with Crippen LogP contribution in [0.4, 0.5) is 4.39 Å². The molecule has 1 aromatic heterocycles. The molecule has 6 heteroatoms. The number of benzene rings is 1. The van der Waals surface area contributed by atoms with Crippen LogP contribution in [-0.4, -0.2) is 26.4 Å². The van der Waals surface area contributed by atoms with Gasteiger partial charge in [0.15, 0.2) is 0 Å². The number of hydrogen-bond acceptors (Lipinski definition) is 2. The zero-order valence-electron chi connectivity index (χ0n) is 11.6. The second-order valence-corrected chi connectivity index (χ2v) is 6.10. The van der Waals surface area contributed by atoms with Gasteiger partial charge in [-0.3, -0.25) is 4.79 Å². The predicted octanol–water partition coefficient (Wildman–Crippen LogP) is 3.13. The van der Waals surface area contributed by atoms with E-state index in [1.807, 2.05) is 17.8 Å². The van der Waals surface area contributed by atoms with E-state index in [1.54, 1.807) is 23.2 Å². The first-order chi connectivity index (χ1) is 10.1. The zero-order chi connectivity index (χ0) is 15.0. The molecular formula is C15H15BrFN3O. The first kappa shape index (κ1) is 14.3. The second-order valence-electron chi connectivity index (χ2n) is 5.25. The Bertz CT molecular complexity index is 681. The number of aromatic nitrogens is 2. The molecular weight excluding hydrogens is 337 g/mol. The largest absolute Gasteiger partial charge is 0.337 e. The third kappa shape index (κ3) is 3.00. The van der Waals surface area contributed by atoms with Crippen LogP contribution in [0.2, 0.25) is 0 Å². The van der Waals surface area contributed by atoms with E-state index < -0.39 is 5.82 Å². The number of halogens is 2. The Kier molecular flexibility index (Phi) is 3.80. The van der Waals surface area contributed by atoms with E-state index in [-0.39, 0.29) is 11.9 Å². The maximum Gasteiger partial charge on any atom is 0.254 e. The van der Waals surface area contributed by atoms with Crippen molar-refractivity contribution in [3.63, 3.8) is 0 Å². The van der Waals surface area contributed by atoms with E-state index in [9.17, 15) is 9.18 Å². The summed E-state index contributed by atoms with van der Waals surface area (Å²) in [6.45, 7) is 0.449. The molecule has 0 aliphatic heterocycles. The SMILES string of the molecule is Cn1ccnc1CN(C(=O)c1ccc(Br)c(F)c1)C1CC1. The Morgan fingerprint density at radius 2 is 2.29 bits per heavy atom. The Labute approximate surface area is 130 Å². The van der Waals surface area contributed by atoms with Crippen molar-refractivity contribution in [1.82, 2.24) is 14.5 Å². The molecule has 1 aliphatic carbocycles. The van der Waals surface area contributed by atoms with Gasteiger partial charge in [0.1, 0.15) is 11.6 Å². The van der Waals surface area contributed by atoms with Crippen molar-refractivity contribution in [2.45, 2.75) is 25.4 Å². The molecule has 1 heterocycles. The van der Waals surface area contributed by atoms with Gasteiger partial charge >= 0.3 is 0 Å². The predicted molar refractivity (Wildman–Crippen MR) is 80.2 cm³/mol. The third-order valence-electron chi connectivity index (χ3n) is 3.65. The van der Waals surface area contributed by atoms with Crippen molar-refractivity contribution in [2.24, 2.45) is 7.05 Å². The topological polar surface area (TPSA) is 38.1 Å². The molecule has 0 N–H and O–H groups in total. The summed E-state index contributed by atoms with van der Waals surface area (Å²) in [6.07, 6.45) is 5.55. The highest BCUT2D eigenvalue weighted by molar-refractivity contribution is 9.10. The van der Waals surface area contributed by atoms with Gasteiger partial charge in [-0.2, -0.15) is 0 Å². The molecule has 0 spiro atoms. The summed E-state index contributed by atoms with van der Waals surface area (Å²) in [4.78, 5) is 18.7. The Hall–Kier alpha value is -1.69. The monoisotopic (exact) mass is 351 g/mol.